The van der Waals surface area contributed by atoms with Gasteiger partial charge in [0, 0.05) is 10.0 Å². The summed E-state index contributed by atoms with van der Waals surface area (Å²) in [5, 5.41) is 0. The van der Waals surface area contributed by atoms with E-state index in [0.29, 0.717) is 17.5 Å². The highest BCUT2D eigenvalue weighted by molar-refractivity contribution is 9.10. The maximum atomic E-state index is 13.7. The van der Waals surface area contributed by atoms with Gasteiger partial charge in [-0.15, -0.1) is 0 Å². The van der Waals surface area contributed by atoms with E-state index in [2.05, 4.69) is 27.8 Å². The Morgan fingerprint density at radius 3 is 2.11 bits per heavy atom. The van der Waals surface area contributed by atoms with Crippen molar-refractivity contribution in [2.45, 2.75) is 13.3 Å². The van der Waals surface area contributed by atoms with Crippen LogP contribution >= 0.6 is 15.9 Å². The van der Waals surface area contributed by atoms with Crippen molar-refractivity contribution in [3.05, 3.63) is 69.2 Å². The number of aryl methyl sites for hydroxylation is 1. The Bertz CT molecular complexity index is 626. The van der Waals surface area contributed by atoms with Crippen molar-refractivity contribution in [2.75, 3.05) is 0 Å². The second kappa shape index (κ2) is 5.99. The molecule has 0 aliphatic heterocycles. The van der Waals surface area contributed by atoms with Gasteiger partial charge in [-0.05, 0) is 48.4 Å². The smallest absolute Gasteiger partial charge is 0.142 e. The number of rotatable bonds is 1. The van der Waals surface area contributed by atoms with Crippen molar-refractivity contribution in [3.63, 3.8) is 0 Å². The number of benzene rings is 2. The highest BCUT2D eigenvalue weighted by atomic mass is 79.9. The van der Waals surface area contributed by atoms with Crippen LogP contribution in [0.2, 0.25) is 0 Å². The highest BCUT2D eigenvalue weighted by Crippen LogP contribution is 2.15. The molecule has 0 bridgehead atoms. The third-order valence-electron chi connectivity index (χ3n) is 2.69. The van der Waals surface area contributed by atoms with E-state index in [4.69, 9.17) is 0 Å². The summed E-state index contributed by atoms with van der Waals surface area (Å²) in [6.07, 6.45) is 0.592. The fourth-order valence-corrected chi connectivity index (χ4v) is 1.88. The molecule has 0 saturated carbocycles. The first-order chi connectivity index (χ1) is 9.10. The molecule has 2 aromatic rings. The fourth-order valence-electron chi connectivity index (χ4n) is 1.62. The predicted octanol–water partition coefficient (Wildman–Crippen LogP) is 4.69. The van der Waals surface area contributed by atoms with Gasteiger partial charge in [-0.2, -0.15) is 0 Å². The predicted molar refractivity (Wildman–Crippen MR) is 75.9 cm³/mol. The van der Waals surface area contributed by atoms with E-state index < -0.39 is 11.6 Å². The van der Waals surface area contributed by atoms with Gasteiger partial charge in [0.2, 0.25) is 0 Å². The maximum absolute atomic E-state index is 13.7. The van der Waals surface area contributed by atoms with Crippen LogP contribution in [0.25, 0.3) is 0 Å². The molecule has 2 rings (SSSR count). The molecular weight excluding hydrogens is 310 g/mol. The van der Waals surface area contributed by atoms with Crippen molar-refractivity contribution in [2.24, 2.45) is 0 Å². The minimum atomic E-state index is -0.610. The van der Waals surface area contributed by atoms with E-state index in [9.17, 15) is 8.78 Å². The molecule has 0 radical (unpaired) electrons. The Labute approximate surface area is 119 Å². The van der Waals surface area contributed by atoms with Crippen molar-refractivity contribution in [1.29, 1.82) is 0 Å². The molecular formula is C16H11BrF2. The van der Waals surface area contributed by atoms with E-state index in [1.807, 2.05) is 19.1 Å². The SMILES string of the molecule is CCc1cc(F)c(C#Cc2ccc(Br)cc2)c(F)c1. The van der Waals surface area contributed by atoms with Crippen LogP contribution in [-0.2, 0) is 6.42 Å². The summed E-state index contributed by atoms with van der Waals surface area (Å²) >= 11 is 3.31. The molecule has 0 unspecified atom stereocenters. The van der Waals surface area contributed by atoms with Gasteiger partial charge in [-0.1, -0.05) is 34.7 Å². The minimum absolute atomic E-state index is 0.180. The first-order valence-electron chi connectivity index (χ1n) is 5.85. The second-order valence-corrected chi connectivity index (χ2v) is 4.96. The van der Waals surface area contributed by atoms with Crippen LogP contribution in [0.1, 0.15) is 23.6 Å². The van der Waals surface area contributed by atoms with Crippen molar-refractivity contribution >= 4 is 15.9 Å². The summed E-state index contributed by atoms with van der Waals surface area (Å²) in [7, 11) is 0. The molecule has 0 atom stereocenters. The van der Waals surface area contributed by atoms with Gasteiger partial charge in [0.15, 0.2) is 0 Å². The minimum Gasteiger partial charge on any atom is -0.206 e. The lowest BCUT2D eigenvalue weighted by molar-refractivity contribution is 0.574. The van der Waals surface area contributed by atoms with Crippen LogP contribution in [0.5, 0.6) is 0 Å². The average Bonchev–Trinajstić information content (AvgIpc) is 2.39. The molecule has 19 heavy (non-hydrogen) atoms. The van der Waals surface area contributed by atoms with E-state index >= 15 is 0 Å². The summed E-state index contributed by atoms with van der Waals surface area (Å²) in [6, 6.07) is 9.89. The van der Waals surface area contributed by atoms with E-state index in [1.165, 1.54) is 12.1 Å². The fraction of sp³-hybridized carbons (Fsp3) is 0.125. The third kappa shape index (κ3) is 3.42. The molecule has 2 aromatic carbocycles. The number of hydrogen-bond donors (Lipinski definition) is 0. The molecule has 0 nitrogen and oxygen atoms in total. The van der Waals surface area contributed by atoms with Gasteiger partial charge in [-0.25, -0.2) is 8.78 Å². The van der Waals surface area contributed by atoms with Crippen LogP contribution in [0.15, 0.2) is 40.9 Å². The molecule has 0 heterocycles. The number of halogens is 3. The molecule has 0 spiro atoms. The average molecular weight is 321 g/mol. The molecule has 0 aromatic heterocycles. The maximum Gasteiger partial charge on any atom is 0.142 e. The molecule has 3 heteroatoms. The first kappa shape index (κ1) is 13.8. The molecule has 96 valence electrons. The lowest BCUT2D eigenvalue weighted by atomic mass is 10.1. The van der Waals surface area contributed by atoms with Crippen molar-refractivity contribution in [1.82, 2.24) is 0 Å². The summed E-state index contributed by atoms with van der Waals surface area (Å²) in [4.78, 5) is 0. The Kier molecular flexibility index (Phi) is 4.34. The van der Waals surface area contributed by atoms with E-state index in [1.54, 1.807) is 12.1 Å². The lowest BCUT2D eigenvalue weighted by Gasteiger charge is -2.01. The Morgan fingerprint density at radius 2 is 1.58 bits per heavy atom. The van der Waals surface area contributed by atoms with Gasteiger partial charge in [0.25, 0.3) is 0 Å². The third-order valence-corrected chi connectivity index (χ3v) is 3.21. The van der Waals surface area contributed by atoms with Crippen LogP contribution in [0, 0.1) is 23.5 Å². The monoisotopic (exact) mass is 320 g/mol. The summed E-state index contributed by atoms with van der Waals surface area (Å²) in [5.74, 6) is 4.09. The molecule has 0 aliphatic rings. The van der Waals surface area contributed by atoms with Crippen LogP contribution in [0.3, 0.4) is 0 Å². The van der Waals surface area contributed by atoms with Crippen molar-refractivity contribution in [3.8, 4) is 11.8 Å². The van der Waals surface area contributed by atoms with E-state index in [0.717, 1.165) is 4.47 Å². The first-order valence-corrected chi connectivity index (χ1v) is 6.65. The summed E-state index contributed by atoms with van der Waals surface area (Å²) in [6.45, 7) is 1.85. The van der Waals surface area contributed by atoms with Gasteiger partial charge >= 0.3 is 0 Å². The molecule has 0 amide bonds. The zero-order valence-corrected chi connectivity index (χ0v) is 11.9. The normalized spacial score (nSPS) is 9.89. The zero-order valence-electron chi connectivity index (χ0n) is 10.3. The Balaban J connectivity index is 2.37. The van der Waals surface area contributed by atoms with Gasteiger partial charge in [0.1, 0.15) is 11.6 Å². The van der Waals surface area contributed by atoms with Gasteiger partial charge < -0.3 is 0 Å². The topological polar surface area (TPSA) is 0 Å². The Morgan fingerprint density at radius 1 is 1.00 bits per heavy atom. The highest BCUT2D eigenvalue weighted by Gasteiger charge is 2.08. The van der Waals surface area contributed by atoms with E-state index in [-0.39, 0.29) is 5.56 Å². The van der Waals surface area contributed by atoms with Crippen molar-refractivity contribution < 1.29 is 8.78 Å². The summed E-state index contributed by atoms with van der Waals surface area (Å²) in [5.41, 5.74) is 1.16. The molecule has 0 saturated heterocycles. The quantitative estimate of drug-likeness (QED) is 0.669. The standard InChI is InChI=1S/C16H11BrF2/c1-2-11-9-15(18)14(16(19)10-11)8-5-12-3-6-13(17)7-4-12/h3-4,6-7,9-10H,2H2,1H3. The molecule has 0 fully saturated rings. The Hall–Kier alpha value is -1.66. The van der Waals surface area contributed by atoms with Crippen LogP contribution < -0.4 is 0 Å². The van der Waals surface area contributed by atoms with Gasteiger partial charge in [-0.3, -0.25) is 0 Å². The lowest BCUT2D eigenvalue weighted by Crippen LogP contribution is -1.93. The second-order valence-electron chi connectivity index (χ2n) is 4.04. The molecule has 0 aliphatic carbocycles. The summed E-state index contributed by atoms with van der Waals surface area (Å²) < 4.78 is 28.4. The number of hydrogen-bond acceptors (Lipinski definition) is 0. The molecule has 0 N–H and O–H groups in total. The van der Waals surface area contributed by atoms with Gasteiger partial charge in [0.05, 0.1) is 5.56 Å². The zero-order chi connectivity index (χ0) is 13.8. The van der Waals surface area contributed by atoms with Crippen LogP contribution in [0.4, 0.5) is 8.78 Å². The van der Waals surface area contributed by atoms with Crippen LogP contribution in [-0.4, -0.2) is 0 Å². The largest absolute Gasteiger partial charge is 0.206 e.